The van der Waals surface area contributed by atoms with E-state index < -0.39 is 35.5 Å². The topological polar surface area (TPSA) is 126 Å². The number of aromatic nitrogens is 2. The first-order chi connectivity index (χ1) is 11.3. The van der Waals surface area contributed by atoms with Crippen molar-refractivity contribution in [3.8, 4) is 0 Å². The highest BCUT2D eigenvalue weighted by atomic mass is 16.6. The predicted octanol–water partition coefficient (Wildman–Crippen LogP) is -0.582. The number of aromatic amines is 1. The molecule has 2 atom stereocenters. The van der Waals surface area contributed by atoms with Gasteiger partial charge in [-0.2, -0.15) is 0 Å². The molecule has 0 bridgehead atoms. The number of hydrogen-bond donors (Lipinski definition) is 1. The maximum absolute atomic E-state index is 12.0. The van der Waals surface area contributed by atoms with E-state index in [2.05, 4.69) is 4.98 Å². The second-order valence-electron chi connectivity index (χ2n) is 4.84. The van der Waals surface area contributed by atoms with Crippen molar-refractivity contribution < 1.29 is 28.5 Å². The number of nitrogens with zero attached hydrogens (tertiary/aromatic N) is 1. The summed E-state index contributed by atoms with van der Waals surface area (Å²) in [5, 5.41) is 0. The molecular formula is C14H16N2O8. The maximum Gasteiger partial charge on any atom is 0.331 e. The van der Waals surface area contributed by atoms with Crippen LogP contribution in [-0.2, 0) is 28.5 Å². The third-order valence-corrected chi connectivity index (χ3v) is 3.09. The lowest BCUT2D eigenvalue weighted by molar-refractivity contribution is -0.141. The fraction of sp³-hybridized carbons (Fsp3) is 0.429. The van der Waals surface area contributed by atoms with Gasteiger partial charge in [0.15, 0.2) is 24.2 Å². The maximum atomic E-state index is 12.0. The Morgan fingerprint density at radius 3 is 2.54 bits per heavy atom. The van der Waals surface area contributed by atoms with E-state index in [9.17, 15) is 19.2 Å². The Labute approximate surface area is 135 Å². The van der Waals surface area contributed by atoms with E-state index in [4.69, 9.17) is 18.9 Å². The van der Waals surface area contributed by atoms with Crippen LogP contribution in [-0.4, -0.2) is 41.3 Å². The van der Waals surface area contributed by atoms with Crippen molar-refractivity contribution in [2.24, 2.45) is 0 Å². The highest BCUT2D eigenvalue weighted by molar-refractivity contribution is 5.68. The molecule has 0 radical (unpaired) electrons. The van der Waals surface area contributed by atoms with Gasteiger partial charge in [0.25, 0.3) is 5.56 Å². The van der Waals surface area contributed by atoms with Crippen LogP contribution in [0, 0.1) is 0 Å². The summed E-state index contributed by atoms with van der Waals surface area (Å²) in [5.41, 5.74) is -1.30. The van der Waals surface area contributed by atoms with Crippen molar-refractivity contribution >= 4 is 11.9 Å². The molecule has 0 saturated heterocycles. The summed E-state index contributed by atoms with van der Waals surface area (Å²) in [5.74, 6) is -1.16. The molecule has 130 valence electrons. The SMILES string of the molecule is COC1C(OC(C)=O)=C(COC(C)=O)O[C@H]1n1ccc(=O)[nH]c1=O. The van der Waals surface area contributed by atoms with Crippen LogP contribution in [0.3, 0.4) is 0 Å². The molecule has 2 heterocycles. The first-order valence-corrected chi connectivity index (χ1v) is 6.89. The van der Waals surface area contributed by atoms with Crippen molar-refractivity contribution in [3.63, 3.8) is 0 Å². The molecule has 0 spiro atoms. The van der Waals surface area contributed by atoms with Gasteiger partial charge in [0.2, 0.25) is 6.23 Å². The monoisotopic (exact) mass is 340 g/mol. The smallest absolute Gasteiger partial charge is 0.331 e. The minimum atomic E-state index is -1.04. The van der Waals surface area contributed by atoms with Gasteiger partial charge in [0.1, 0.15) is 0 Å². The van der Waals surface area contributed by atoms with Crippen LogP contribution in [0.25, 0.3) is 0 Å². The Hall–Kier alpha value is -2.88. The van der Waals surface area contributed by atoms with Crippen molar-refractivity contribution in [1.82, 2.24) is 9.55 Å². The lowest BCUT2D eigenvalue weighted by atomic mass is 10.2. The van der Waals surface area contributed by atoms with Crippen LogP contribution in [0.4, 0.5) is 0 Å². The van der Waals surface area contributed by atoms with Crippen LogP contribution >= 0.6 is 0 Å². The van der Waals surface area contributed by atoms with Crippen LogP contribution < -0.4 is 11.2 Å². The molecule has 0 aliphatic carbocycles. The molecule has 0 saturated carbocycles. The van der Waals surface area contributed by atoms with E-state index >= 15 is 0 Å². The second kappa shape index (κ2) is 7.13. The first-order valence-electron chi connectivity index (χ1n) is 6.89. The number of nitrogens with one attached hydrogen (secondary N) is 1. The zero-order valence-corrected chi connectivity index (χ0v) is 13.2. The molecule has 1 N–H and O–H groups in total. The van der Waals surface area contributed by atoms with E-state index in [1.165, 1.54) is 27.2 Å². The molecule has 0 fully saturated rings. The number of rotatable bonds is 5. The molecule has 10 nitrogen and oxygen atoms in total. The Bertz CT molecular complexity index is 790. The lowest BCUT2D eigenvalue weighted by Gasteiger charge is -2.20. The fourth-order valence-corrected chi connectivity index (χ4v) is 2.15. The van der Waals surface area contributed by atoms with E-state index in [1.54, 1.807) is 0 Å². The first kappa shape index (κ1) is 17.5. The molecule has 1 aliphatic heterocycles. The summed E-state index contributed by atoms with van der Waals surface area (Å²) in [7, 11) is 1.33. The van der Waals surface area contributed by atoms with Gasteiger partial charge in [-0.25, -0.2) is 4.79 Å². The highest BCUT2D eigenvalue weighted by Crippen LogP contribution is 2.34. The molecular weight excluding hydrogens is 324 g/mol. The molecule has 1 aromatic heterocycles. The third-order valence-electron chi connectivity index (χ3n) is 3.09. The number of ether oxygens (including phenoxy) is 4. The number of hydrogen-bond acceptors (Lipinski definition) is 8. The molecule has 1 unspecified atom stereocenters. The quantitative estimate of drug-likeness (QED) is 0.706. The summed E-state index contributed by atoms with van der Waals surface area (Å²) in [4.78, 5) is 47.5. The Morgan fingerprint density at radius 1 is 1.29 bits per heavy atom. The van der Waals surface area contributed by atoms with E-state index in [1.807, 2.05) is 0 Å². The molecule has 2 rings (SSSR count). The number of carbonyl (C=O) groups is 2. The molecule has 0 aromatic carbocycles. The van der Waals surface area contributed by atoms with Gasteiger partial charge >= 0.3 is 17.6 Å². The van der Waals surface area contributed by atoms with Crippen molar-refractivity contribution in [1.29, 1.82) is 0 Å². The predicted molar refractivity (Wildman–Crippen MR) is 77.7 cm³/mol. The Morgan fingerprint density at radius 2 is 2.00 bits per heavy atom. The fourth-order valence-electron chi connectivity index (χ4n) is 2.15. The molecule has 0 amide bonds. The molecule has 10 heteroatoms. The van der Waals surface area contributed by atoms with Crippen molar-refractivity contribution in [2.45, 2.75) is 26.2 Å². The van der Waals surface area contributed by atoms with E-state index in [-0.39, 0.29) is 18.1 Å². The number of esters is 2. The van der Waals surface area contributed by atoms with Crippen LogP contribution in [0.1, 0.15) is 20.1 Å². The van der Waals surface area contributed by atoms with Gasteiger partial charge in [0, 0.05) is 33.2 Å². The number of carbonyl (C=O) groups excluding carboxylic acids is 2. The zero-order chi connectivity index (χ0) is 17.9. The van der Waals surface area contributed by atoms with Gasteiger partial charge in [-0.3, -0.25) is 23.9 Å². The van der Waals surface area contributed by atoms with Gasteiger partial charge < -0.3 is 18.9 Å². The van der Waals surface area contributed by atoms with Crippen molar-refractivity contribution in [3.05, 3.63) is 44.6 Å². The standard InChI is InChI=1S/C14H16N2O8/c1-7(17)22-6-9-11(23-8(2)18)12(21-3)13(24-9)16-5-4-10(19)15-14(16)20/h4-5,12-13H,6H2,1-3H3,(H,15,19,20)/t12?,13-/m1/s1. The Kier molecular flexibility index (Phi) is 5.19. The van der Waals surface area contributed by atoms with Gasteiger partial charge in [-0.1, -0.05) is 0 Å². The zero-order valence-electron chi connectivity index (χ0n) is 13.2. The van der Waals surface area contributed by atoms with E-state index in [0.29, 0.717) is 0 Å². The average Bonchev–Trinajstić information content (AvgIpc) is 2.82. The van der Waals surface area contributed by atoms with Crippen LogP contribution in [0.2, 0.25) is 0 Å². The summed E-state index contributed by atoms with van der Waals surface area (Å²) in [6, 6.07) is 1.13. The van der Waals surface area contributed by atoms with Gasteiger partial charge in [0.05, 0.1) is 0 Å². The van der Waals surface area contributed by atoms with Crippen molar-refractivity contribution in [2.75, 3.05) is 13.7 Å². The summed E-state index contributed by atoms with van der Waals surface area (Å²) in [6.45, 7) is 2.09. The normalized spacial score (nSPS) is 19.8. The van der Waals surface area contributed by atoms with Crippen LogP contribution in [0.15, 0.2) is 33.4 Å². The summed E-state index contributed by atoms with van der Waals surface area (Å²) >= 11 is 0. The Balaban J connectivity index is 2.39. The van der Waals surface area contributed by atoms with Gasteiger partial charge in [-0.15, -0.1) is 0 Å². The van der Waals surface area contributed by atoms with Crippen LogP contribution in [0.5, 0.6) is 0 Å². The number of H-pyrrole nitrogens is 1. The average molecular weight is 340 g/mol. The highest BCUT2D eigenvalue weighted by Gasteiger charge is 2.41. The minimum absolute atomic E-state index is 0.00523. The largest absolute Gasteiger partial charge is 0.464 e. The summed E-state index contributed by atoms with van der Waals surface area (Å²) in [6.07, 6.45) is -0.778. The van der Waals surface area contributed by atoms with E-state index in [0.717, 1.165) is 10.6 Å². The number of methoxy groups -OCH3 is 1. The molecule has 1 aromatic rings. The molecule has 24 heavy (non-hydrogen) atoms. The summed E-state index contributed by atoms with van der Waals surface area (Å²) < 4.78 is 21.8. The lowest BCUT2D eigenvalue weighted by Crippen LogP contribution is -2.36. The minimum Gasteiger partial charge on any atom is -0.464 e. The third kappa shape index (κ3) is 3.71. The molecule has 1 aliphatic rings. The second-order valence-corrected chi connectivity index (χ2v) is 4.84. The van der Waals surface area contributed by atoms with Gasteiger partial charge in [-0.05, 0) is 0 Å².